The number of benzene rings is 1. The van der Waals surface area contributed by atoms with E-state index < -0.39 is 5.54 Å². The average Bonchev–Trinajstić information content (AvgIpc) is 3.22. The fraction of sp³-hybridized carbons (Fsp3) is 0.562. The van der Waals surface area contributed by atoms with Crippen molar-refractivity contribution >= 4 is 11.7 Å². The number of anilines is 1. The lowest BCUT2D eigenvalue weighted by atomic mass is 10.1. The van der Waals surface area contributed by atoms with Gasteiger partial charge in [0.25, 0.3) is 0 Å². The van der Waals surface area contributed by atoms with Gasteiger partial charge in [0.05, 0.1) is 18.8 Å². The average molecular weight is 292 g/mol. The molecule has 0 bridgehead atoms. The summed E-state index contributed by atoms with van der Waals surface area (Å²) >= 11 is 0. The molecule has 1 fully saturated rings. The third kappa shape index (κ3) is 5.73. The van der Waals surface area contributed by atoms with Gasteiger partial charge in [-0.25, -0.2) is 4.79 Å². The zero-order chi connectivity index (χ0) is 15.3. The van der Waals surface area contributed by atoms with Crippen molar-refractivity contribution in [3.63, 3.8) is 0 Å². The molecule has 116 valence electrons. The second-order valence-corrected chi connectivity index (χ2v) is 6.28. The van der Waals surface area contributed by atoms with E-state index in [1.54, 1.807) is 13.8 Å². The number of hydrogen-bond acceptors (Lipinski definition) is 3. The Morgan fingerprint density at radius 1 is 1.43 bits per heavy atom. The van der Waals surface area contributed by atoms with Crippen molar-refractivity contribution in [2.75, 3.05) is 18.5 Å². The molecule has 0 aliphatic heterocycles. The fourth-order valence-corrected chi connectivity index (χ4v) is 1.88. The van der Waals surface area contributed by atoms with Gasteiger partial charge in [-0.05, 0) is 50.3 Å². The predicted molar refractivity (Wildman–Crippen MR) is 82.1 cm³/mol. The Balaban J connectivity index is 1.83. The Hall–Kier alpha value is -1.59. The number of carbonyl (C=O) groups is 1. The SMILES string of the molecule is CC(C)(CO)NC(=O)Nc1cccc(COCC2CC2)c1. The Morgan fingerprint density at radius 2 is 2.19 bits per heavy atom. The summed E-state index contributed by atoms with van der Waals surface area (Å²) in [5.74, 6) is 0.748. The summed E-state index contributed by atoms with van der Waals surface area (Å²) in [5, 5.41) is 14.6. The Labute approximate surface area is 125 Å². The first-order valence-corrected chi connectivity index (χ1v) is 7.35. The van der Waals surface area contributed by atoms with Crippen LogP contribution in [0.2, 0.25) is 0 Å². The summed E-state index contributed by atoms with van der Waals surface area (Å²) < 4.78 is 5.64. The second-order valence-electron chi connectivity index (χ2n) is 6.28. The number of rotatable bonds is 7. The first-order valence-electron chi connectivity index (χ1n) is 7.35. The molecule has 0 unspecified atom stereocenters. The van der Waals surface area contributed by atoms with Gasteiger partial charge in [-0.15, -0.1) is 0 Å². The van der Waals surface area contributed by atoms with Gasteiger partial charge in [0.15, 0.2) is 0 Å². The standard InChI is InChI=1S/C16H24N2O3/c1-16(2,11-19)18-15(20)17-14-5-3-4-13(8-14)10-21-9-12-6-7-12/h3-5,8,12,19H,6-7,9-11H2,1-2H3,(H2,17,18,20). The van der Waals surface area contributed by atoms with Crippen LogP contribution in [0.25, 0.3) is 0 Å². The normalized spacial score (nSPS) is 14.8. The van der Waals surface area contributed by atoms with E-state index in [4.69, 9.17) is 9.84 Å². The van der Waals surface area contributed by atoms with Crippen LogP contribution >= 0.6 is 0 Å². The molecular formula is C16H24N2O3. The maximum absolute atomic E-state index is 11.8. The Morgan fingerprint density at radius 3 is 2.86 bits per heavy atom. The molecule has 0 radical (unpaired) electrons. The van der Waals surface area contributed by atoms with Crippen LogP contribution in [-0.2, 0) is 11.3 Å². The summed E-state index contributed by atoms with van der Waals surface area (Å²) in [6.07, 6.45) is 2.56. The van der Waals surface area contributed by atoms with E-state index in [1.165, 1.54) is 12.8 Å². The number of aliphatic hydroxyl groups is 1. The van der Waals surface area contributed by atoms with Gasteiger partial charge < -0.3 is 20.5 Å². The highest BCUT2D eigenvalue weighted by molar-refractivity contribution is 5.89. The maximum Gasteiger partial charge on any atom is 0.319 e. The van der Waals surface area contributed by atoms with Crippen molar-refractivity contribution in [2.24, 2.45) is 5.92 Å². The highest BCUT2D eigenvalue weighted by Gasteiger charge is 2.21. The zero-order valence-corrected chi connectivity index (χ0v) is 12.7. The number of amides is 2. The van der Waals surface area contributed by atoms with Gasteiger partial charge in [0.1, 0.15) is 0 Å². The summed E-state index contributed by atoms with van der Waals surface area (Å²) in [7, 11) is 0. The van der Waals surface area contributed by atoms with Crippen molar-refractivity contribution in [2.45, 2.75) is 38.8 Å². The Bertz CT molecular complexity index is 484. The van der Waals surface area contributed by atoms with E-state index in [0.29, 0.717) is 12.3 Å². The van der Waals surface area contributed by atoms with Gasteiger partial charge in [0, 0.05) is 12.3 Å². The van der Waals surface area contributed by atoms with Crippen molar-refractivity contribution < 1.29 is 14.6 Å². The summed E-state index contributed by atoms with van der Waals surface area (Å²) in [6, 6.07) is 7.27. The molecule has 5 heteroatoms. The molecule has 0 spiro atoms. The number of aliphatic hydroxyl groups excluding tert-OH is 1. The quantitative estimate of drug-likeness (QED) is 0.723. The molecule has 1 aliphatic carbocycles. The number of carbonyl (C=O) groups excluding carboxylic acids is 1. The van der Waals surface area contributed by atoms with E-state index in [2.05, 4.69) is 10.6 Å². The van der Waals surface area contributed by atoms with E-state index >= 15 is 0 Å². The predicted octanol–water partition coefficient (Wildman–Crippen LogP) is 2.51. The lowest BCUT2D eigenvalue weighted by molar-refractivity contribution is 0.111. The van der Waals surface area contributed by atoms with Crippen LogP contribution in [0.3, 0.4) is 0 Å². The number of hydrogen-bond donors (Lipinski definition) is 3. The third-order valence-corrected chi connectivity index (χ3v) is 3.35. The first kappa shape index (κ1) is 15.8. The van der Waals surface area contributed by atoms with Gasteiger partial charge in [-0.2, -0.15) is 0 Å². The third-order valence-electron chi connectivity index (χ3n) is 3.35. The molecule has 2 amide bonds. The molecule has 2 rings (SSSR count). The molecule has 5 nitrogen and oxygen atoms in total. The van der Waals surface area contributed by atoms with Crippen LogP contribution in [0.5, 0.6) is 0 Å². The number of ether oxygens (including phenoxy) is 1. The van der Waals surface area contributed by atoms with Crippen molar-refractivity contribution in [1.29, 1.82) is 0 Å². The molecule has 1 aromatic rings. The van der Waals surface area contributed by atoms with Crippen molar-refractivity contribution in [1.82, 2.24) is 5.32 Å². The summed E-state index contributed by atoms with van der Waals surface area (Å²) in [4.78, 5) is 11.8. The van der Waals surface area contributed by atoms with Crippen LogP contribution in [0, 0.1) is 5.92 Å². The monoisotopic (exact) mass is 292 g/mol. The van der Waals surface area contributed by atoms with E-state index in [1.807, 2.05) is 24.3 Å². The fourth-order valence-electron chi connectivity index (χ4n) is 1.88. The summed E-state index contributed by atoms with van der Waals surface area (Å²) in [6.45, 7) is 4.79. The molecular weight excluding hydrogens is 268 g/mol. The molecule has 3 N–H and O–H groups in total. The maximum atomic E-state index is 11.8. The van der Waals surface area contributed by atoms with Crippen molar-refractivity contribution in [3.05, 3.63) is 29.8 Å². The van der Waals surface area contributed by atoms with Crippen LogP contribution in [0.4, 0.5) is 10.5 Å². The summed E-state index contributed by atoms with van der Waals surface area (Å²) in [5.41, 5.74) is 1.11. The minimum atomic E-state index is -0.644. The largest absolute Gasteiger partial charge is 0.394 e. The minimum absolute atomic E-state index is 0.116. The zero-order valence-electron chi connectivity index (χ0n) is 12.7. The smallest absolute Gasteiger partial charge is 0.319 e. The van der Waals surface area contributed by atoms with Crippen molar-refractivity contribution in [3.8, 4) is 0 Å². The topological polar surface area (TPSA) is 70.6 Å². The molecule has 1 aliphatic rings. The highest BCUT2D eigenvalue weighted by Crippen LogP contribution is 2.29. The highest BCUT2D eigenvalue weighted by atomic mass is 16.5. The first-order chi connectivity index (χ1) is 9.98. The Kier molecular flexibility index (Phi) is 5.20. The van der Waals surface area contributed by atoms with E-state index in [9.17, 15) is 4.79 Å². The second kappa shape index (κ2) is 6.91. The number of nitrogens with one attached hydrogen (secondary N) is 2. The van der Waals surface area contributed by atoms with Crippen LogP contribution < -0.4 is 10.6 Å². The van der Waals surface area contributed by atoms with Gasteiger partial charge in [0.2, 0.25) is 0 Å². The lowest BCUT2D eigenvalue weighted by Gasteiger charge is -2.23. The molecule has 21 heavy (non-hydrogen) atoms. The van der Waals surface area contributed by atoms with Crippen LogP contribution in [0.1, 0.15) is 32.3 Å². The van der Waals surface area contributed by atoms with Gasteiger partial charge in [-0.1, -0.05) is 12.1 Å². The van der Waals surface area contributed by atoms with E-state index in [-0.39, 0.29) is 12.6 Å². The number of urea groups is 1. The molecule has 0 saturated heterocycles. The lowest BCUT2D eigenvalue weighted by Crippen LogP contribution is -2.48. The molecule has 0 atom stereocenters. The van der Waals surface area contributed by atoms with E-state index in [0.717, 1.165) is 18.1 Å². The van der Waals surface area contributed by atoms with Gasteiger partial charge in [-0.3, -0.25) is 0 Å². The van der Waals surface area contributed by atoms with Gasteiger partial charge >= 0.3 is 6.03 Å². The molecule has 1 aromatic carbocycles. The molecule has 0 heterocycles. The minimum Gasteiger partial charge on any atom is -0.394 e. The van der Waals surface area contributed by atoms with Crippen LogP contribution in [0.15, 0.2) is 24.3 Å². The van der Waals surface area contributed by atoms with Crippen LogP contribution in [-0.4, -0.2) is 29.9 Å². The molecule has 0 aromatic heterocycles. The molecule has 1 saturated carbocycles.